The average Bonchev–Trinajstić information content (AvgIpc) is 2.47. The molecule has 0 spiro atoms. The fourth-order valence-electron chi connectivity index (χ4n) is 2.15. The van der Waals surface area contributed by atoms with Crippen LogP contribution in [0.3, 0.4) is 0 Å². The topological polar surface area (TPSA) is 68.0 Å². The Balaban J connectivity index is 1.97. The lowest BCUT2D eigenvalue weighted by atomic mass is 10.1. The summed E-state index contributed by atoms with van der Waals surface area (Å²) in [5.74, 6) is -0.239. The lowest BCUT2D eigenvalue weighted by Gasteiger charge is -2.10. The van der Waals surface area contributed by atoms with E-state index in [2.05, 4.69) is 26.2 Å². The largest absolute Gasteiger partial charge is 0.398 e. The van der Waals surface area contributed by atoms with Crippen LogP contribution in [0.25, 0.3) is 10.8 Å². The molecule has 21 heavy (non-hydrogen) atoms. The van der Waals surface area contributed by atoms with Gasteiger partial charge in [-0.15, -0.1) is 0 Å². The summed E-state index contributed by atoms with van der Waals surface area (Å²) in [6, 6.07) is 12.8. The molecule has 1 amide bonds. The first-order valence-corrected chi connectivity index (χ1v) is 7.13. The number of pyridine rings is 1. The molecule has 3 N–H and O–H groups in total. The molecule has 0 unspecified atom stereocenters. The highest BCUT2D eigenvalue weighted by Gasteiger charge is 2.11. The summed E-state index contributed by atoms with van der Waals surface area (Å²) >= 11 is 3.32. The fraction of sp³-hybridized carbons (Fsp3) is 0. The minimum absolute atomic E-state index is 0.239. The predicted octanol–water partition coefficient (Wildman–Crippen LogP) is 3.83. The van der Waals surface area contributed by atoms with Crippen molar-refractivity contribution in [1.82, 2.24) is 4.98 Å². The number of amides is 1. The molecule has 1 aromatic heterocycles. The van der Waals surface area contributed by atoms with Gasteiger partial charge in [-0.1, -0.05) is 28.1 Å². The molecule has 0 aliphatic rings. The van der Waals surface area contributed by atoms with Gasteiger partial charge in [0.2, 0.25) is 0 Å². The smallest absolute Gasteiger partial charge is 0.257 e. The summed E-state index contributed by atoms with van der Waals surface area (Å²) in [5, 5.41) is 4.80. The van der Waals surface area contributed by atoms with Crippen molar-refractivity contribution in [2.75, 3.05) is 11.1 Å². The van der Waals surface area contributed by atoms with E-state index in [1.165, 1.54) is 0 Å². The average molecular weight is 342 g/mol. The molecular weight excluding hydrogens is 330 g/mol. The Morgan fingerprint density at radius 2 is 2.05 bits per heavy atom. The van der Waals surface area contributed by atoms with Crippen molar-refractivity contribution in [3.8, 4) is 0 Å². The fourth-order valence-corrected chi connectivity index (χ4v) is 2.53. The van der Waals surface area contributed by atoms with Crippen molar-refractivity contribution in [3.05, 3.63) is 64.9 Å². The molecule has 4 nitrogen and oxygen atoms in total. The van der Waals surface area contributed by atoms with Crippen LogP contribution in [0.5, 0.6) is 0 Å². The zero-order valence-corrected chi connectivity index (χ0v) is 12.6. The summed E-state index contributed by atoms with van der Waals surface area (Å²) < 4.78 is 0.839. The SMILES string of the molecule is Nc1cc(Br)ccc1C(=O)Nc1cccc2ccncc12. The molecule has 0 bridgehead atoms. The molecule has 0 aliphatic carbocycles. The number of fused-ring (bicyclic) bond motifs is 1. The van der Waals surface area contributed by atoms with Gasteiger partial charge in [-0.05, 0) is 35.7 Å². The second-order valence-corrected chi connectivity index (χ2v) is 5.50. The number of benzene rings is 2. The monoisotopic (exact) mass is 341 g/mol. The number of halogens is 1. The van der Waals surface area contributed by atoms with Crippen molar-refractivity contribution in [2.24, 2.45) is 0 Å². The summed E-state index contributed by atoms with van der Waals surface area (Å²) in [5.41, 5.74) is 7.48. The summed E-state index contributed by atoms with van der Waals surface area (Å²) in [7, 11) is 0. The Hall–Kier alpha value is -2.40. The maximum absolute atomic E-state index is 12.4. The zero-order chi connectivity index (χ0) is 14.8. The van der Waals surface area contributed by atoms with Gasteiger partial charge in [0.25, 0.3) is 5.91 Å². The number of nitrogens with two attached hydrogens (primary N) is 1. The Kier molecular flexibility index (Phi) is 3.58. The minimum Gasteiger partial charge on any atom is -0.398 e. The molecule has 0 aliphatic heterocycles. The van der Waals surface area contributed by atoms with Gasteiger partial charge < -0.3 is 11.1 Å². The highest BCUT2D eigenvalue weighted by Crippen LogP contribution is 2.24. The van der Waals surface area contributed by atoms with Gasteiger partial charge in [-0.25, -0.2) is 0 Å². The lowest BCUT2D eigenvalue weighted by Crippen LogP contribution is -2.14. The van der Waals surface area contributed by atoms with Gasteiger partial charge in [0.15, 0.2) is 0 Å². The normalized spacial score (nSPS) is 10.5. The number of rotatable bonds is 2. The number of hydrogen-bond donors (Lipinski definition) is 2. The summed E-state index contributed by atoms with van der Waals surface area (Å²) in [6.45, 7) is 0. The molecule has 0 saturated heterocycles. The predicted molar refractivity (Wildman–Crippen MR) is 88.3 cm³/mol. The third-order valence-corrected chi connectivity index (χ3v) is 3.68. The number of hydrogen-bond acceptors (Lipinski definition) is 3. The molecule has 0 atom stereocenters. The van der Waals surface area contributed by atoms with Crippen molar-refractivity contribution >= 4 is 44.0 Å². The van der Waals surface area contributed by atoms with E-state index in [0.717, 1.165) is 15.2 Å². The third kappa shape index (κ3) is 2.73. The third-order valence-electron chi connectivity index (χ3n) is 3.19. The van der Waals surface area contributed by atoms with Crippen LogP contribution in [0.15, 0.2) is 59.3 Å². The van der Waals surface area contributed by atoms with Gasteiger partial charge in [-0.3, -0.25) is 9.78 Å². The van der Waals surface area contributed by atoms with Gasteiger partial charge in [0.05, 0.1) is 11.3 Å². The van der Waals surface area contributed by atoms with Gasteiger partial charge in [-0.2, -0.15) is 0 Å². The van der Waals surface area contributed by atoms with Gasteiger partial charge in [0, 0.05) is 27.9 Å². The van der Waals surface area contributed by atoms with Gasteiger partial charge in [0.1, 0.15) is 0 Å². The number of aromatic nitrogens is 1. The van der Waals surface area contributed by atoms with Crippen LogP contribution < -0.4 is 11.1 Å². The van der Waals surface area contributed by atoms with Crippen molar-refractivity contribution < 1.29 is 4.79 Å². The number of carbonyl (C=O) groups is 1. The Morgan fingerprint density at radius 3 is 2.86 bits per heavy atom. The first kappa shape index (κ1) is 13.6. The first-order chi connectivity index (χ1) is 10.1. The van der Waals surface area contributed by atoms with E-state index in [1.807, 2.05) is 24.3 Å². The molecule has 0 fully saturated rings. The summed E-state index contributed by atoms with van der Waals surface area (Å²) in [6.07, 6.45) is 3.45. The van der Waals surface area contributed by atoms with E-state index >= 15 is 0 Å². The van der Waals surface area contributed by atoms with E-state index in [1.54, 1.807) is 30.6 Å². The van der Waals surface area contributed by atoms with Crippen LogP contribution in [0.1, 0.15) is 10.4 Å². The van der Waals surface area contributed by atoms with E-state index in [-0.39, 0.29) is 5.91 Å². The van der Waals surface area contributed by atoms with Crippen LogP contribution in [0.2, 0.25) is 0 Å². The second kappa shape index (κ2) is 5.54. The highest BCUT2D eigenvalue weighted by atomic mass is 79.9. The highest BCUT2D eigenvalue weighted by molar-refractivity contribution is 9.10. The second-order valence-electron chi connectivity index (χ2n) is 4.59. The van der Waals surface area contributed by atoms with E-state index in [4.69, 9.17) is 5.73 Å². The molecular formula is C16H12BrN3O. The number of anilines is 2. The molecule has 0 radical (unpaired) electrons. The maximum atomic E-state index is 12.4. The Morgan fingerprint density at radius 1 is 1.19 bits per heavy atom. The molecule has 0 saturated carbocycles. The lowest BCUT2D eigenvalue weighted by molar-refractivity contribution is 0.102. The molecule has 3 rings (SSSR count). The van der Waals surface area contributed by atoms with Crippen LogP contribution in [0.4, 0.5) is 11.4 Å². The molecule has 5 heteroatoms. The quantitative estimate of drug-likeness (QED) is 0.696. The zero-order valence-electron chi connectivity index (χ0n) is 11.0. The number of carbonyl (C=O) groups excluding carboxylic acids is 1. The molecule has 2 aromatic carbocycles. The first-order valence-electron chi connectivity index (χ1n) is 6.34. The maximum Gasteiger partial charge on any atom is 0.257 e. The summed E-state index contributed by atoms with van der Waals surface area (Å²) in [4.78, 5) is 16.5. The van der Waals surface area contributed by atoms with Crippen molar-refractivity contribution in [2.45, 2.75) is 0 Å². The van der Waals surface area contributed by atoms with Crippen LogP contribution in [-0.4, -0.2) is 10.9 Å². The number of nitrogens with zero attached hydrogens (tertiary/aromatic N) is 1. The Labute approximate surface area is 130 Å². The van der Waals surface area contributed by atoms with E-state index < -0.39 is 0 Å². The van der Waals surface area contributed by atoms with Crippen molar-refractivity contribution in [1.29, 1.82) is 0 Å². The number of nitrogen functional groups attached to an aromatic ring is 1. The van der Waals surface area contributed by atoms with Crippen LogP contribution in [-0.2, 0) is 0 Å². The Bertz CT molecular complexity index is 827. The van der Waals surface area contributed by atoms with Crippen LogP contribution in [0, 0.1) is 0 Å². The molecule has 3 aromatic rings. The van der Waals surface area contributed by atoms with E-state index in [0.29, 0.717) is 16.9 Å². The minimum atomic E-state index is -0.239. The number of nitrogens with one attached hydrogen (secondary N) is 1. The van der Waals surface area contributed by atoms with Crippen molar-refractivity contribution in [3.63, 3.8) is 0 Å². The van der Waals surface area contributed by atoms with E-state index in [9.17, 15) is 4.79 Å². The molecule has 104 valence electrons. The molecule has 1 heterocycles. The standard InChI is InChI=1S/C16H12BrN3O/c17-11-4-5-12(14(18)8-11)16(21)20-15-3-1-2-10-6-7-19-9-13(10)15/h1-9H,18H2,(H,20,21). The van der Waals surface area contributed by atoms with Crippen LogP contribution >= 0.6 is 15.9 Å². The van der Waals surface area contributed by atoms with Gasteiger partial charge >= 0.3 is 0 Å².